The van der Waals surface area contributed by atoms with Gasteiger partial charge in [0.2, 0.25) is 0 Å². The monoisotopic (exact) mass is 285 g/mol. The number of aryl methyl sites for hydroxylation is 2. The van der Waals surface area contributed by atoms with Crippen molar-refractivity contribution < 1.29 is 9.90 Å². The molecule has 0 aliphatic heterocycles. The van der Waals surface area contributed by atoms with Crippen LogP contribution in [0, 0.1) is 13.8 Å². The van der Waals surface area contributed by atoms with Crippen LogP contribution in [0.15, 0.2) is 6.07 Å². The molecule has 19 heavy (non-hydrogen) atoms. The number of nitrogens with zero attached hydrogens (tertiary/aromatic N) is 1. The van der Waals surface area contributed by atoms with Gasteiger partial charge < -0.3 is 15.7 Å². The number of aromatic nitrogens is 1. The summed E-state index contributed by atoms with van der Waals surface area (Å²) in [5.74, 6) is 0. The summed E-state index contributed by atoms with van der Waals surface area (Å²) in [7, 11) is 0. The molecule has 0 bridgehead atoms. The van der Waals surface area contributed by atoms with Gasteiger partial charge in [-0.1, -0.05) is 11.6 Å². The predicted molar refractivity (Wildman–Crippen MR) is 76.7 cm³/mol. The summed E-state index contributed by atoms with van der Waals surface area (Å²) in [5.41, 5.74) is 1.67. The molecule has 0 unspecified atom stereocenters. The number of urea groups is 1. The van der Waals surface area contributed by atoms with Crippen LogP contribution in [0.3, 0.4) is 0 Å². The van der Waals surface area contributed by atoms with Crippen molar-refractivity contribution in [2.45, 2.75) is 39.7 Å². The second kappa shape index (κ2) is 6.21. The summed E-state index contributed by atoms with van der Waals surface area (Å²) in [4.78, 5) is 16.0. The van der Waals surface area contributed by atoms with E-state index in [1.165, 1.54) is 0 Å². The van der Waals surface area contributed by atoms with Crippen LogP contribution in [0.1, 0.15) is 31.5 Å². The Hall–Kier alpha value is -1.33. The minimum Gasteiger partial charge on any atom is -0.396 e. The van der Waals surface area contributed by atoms with Crippen molar-refractivity contribution in [3.63, 3.8) is 0 Å². The molecule has 1 heterocycles. The molecule has 0 radical (unpaired) electrons. The first kappa shape index (κ1) is 15.7. The summed E-state index contributed by atoms with van der Waals surface area (Å²) < 4.78 is 0. The number of hydrogen-bond donors (Lipinski definition) is 3. The Balaban J connectivity index is 2.78. The minimum atomic E-state index is -0.489. The molecule has 1 rings (SSSR count). The summed E-state index contributed by atoms with van der Waals surface area (Å²) in [6.45, 7) is 7.39. The van der Waals surface area contributed by atoms with Gasteiger partial charge in [0.25, 0.3) is 0 Å². The first-order valence-corrected chi connectivity index (χ1v) is 6.47. The van der Waals surface area contributed by atoms with Crippen LogP contribution in [0.25, 0.3) is 0 Å². The van der Waals surface area contributed by atoms with Crippen molar-refractivity contribution >= 4 is 23.3 Å². The van der Waals surface area contributed by atoms with Crippen LogP contribution in [-0.4, -0.2) is 28.3 Å². The van der Waals surface area contributed by atoms with Crippen molar-refractivity contribution in [2.24, 2.45) is 0 Å². The highest BCUT2D eigenvalue weighted by atomic mass is 35.5. The maximum absolute atomic E-state index is 11.9. The number of carbonyl (C=O) groups excluding carboxylic acids is 1. The van der Waals surface area contributed by atoms with Gasteiger partial charge in [-0.2, -0.15) is 0 Å². The number of hydrogen-bond acceptors (Lipinski definition) is 3. The molecule has 106 valence electrons. The zero-order valence-corrected chi connectivity index (χ0v) is 12.4. The SMILES string of the molecule is Cc1cc(C)c(NC(=O)NC(C)(C)CCO)c(Cl)n1. The lowest BCUT2D eigenvalue weighted by Crippen LogP contribution is -2.46. The van der Waals surface area contributed by atoms with Crippen molar-refractivity contribution in [3.05, 3.63) is 22.5 Å². The van der Waals surface area contributed by atoms with E-state index in [4.69, 9.17) is 16.7 Å². The molecule has 2 amide bonds. The van der Waals surface area contributed by atoms with E-state index in [-0.39, 0.29) is 17.8 Å². The molecular formula is C13H20ClN3O2. The average molecular weight is 286 g/mol. The van der Waals surface area contributed by atoms with Gasteiger partial charge >= 0.3 is 6.03 Å². The maximum Gasteiger partial charge on any atom is 0.319 e. The highest BCUT2D eigenvalue weighted by molar-refractivity contribution is 6.32. The Morgan fingerprint density at radius 1 is 1.47 bits per heavy atom. The fourth-order valence-corrected chi connectivity index (χ4v) is 2.07. The topological polar surface area (TPSA) is 74.2 Å². The third-order valence-corrected chi connectivity index (χ3v) is 3.00. The molecule has 0 spiro atoms. The Morgan fingerprint density at radius 3 is 2.63 bits per heavy atom. The van der Waals surface area contributed by atoms with Crippen LogP contribution >= 0.6 is 11.6 Å². The summed E-state index contributed by atoms with van der Waals surface area (Å²) in [5, 5.41) is 14.7. The Labute approximate surface area is 118 Å². The number of anilines is 1. The van der Waals surface area contributed by atoms with Gasteiger partial charge in [0.15, 0.2) is 5.15 Å². The second-order valence-corrected chi connectivity index (χ2v) is 5.54. The first-order chi connectivity index (χ1) is 8.75. The number of aliphatic hydroxyl groups excluding tert-OH is 1. The highest BCUT2D eigenvalue weighted by Crippen LogP contribution is 2.24. The standard InChI is InChI=1S/C13H20ClN3O2/c1-8-7-9(2)15-11(14)10(8)16-12(19)17-13(3,4)5-6-18/h7,18H,5-6H2,1-4H3,(H2,16,17,19). The second-order valence-electron chi connectivity index (χ2n) is 5.18. The smallest absolute Gasteiger partial charge is 0.319 e. The number of rotatable bonds is 4. The van der Waals surface area contributed by atoms with Gasteiger partial charge in [-0.15, -0.1) is 0 Å². The van der Waals surface area contributed by atoms with E-state index in [0.717, 1.165) is 11.3 Å². The molecule has 0 saturated heterocycles. The number of pyridine rings is 1. The fraction of sp³-hybridized carbons (Fsp3) is 0.538. The van der Waals surface area contributed by atoms with E-state index in [2.05, 4.69) is 15.6 Å². The van der Waals surface area contributed by atoms with Crippen LogP contribution in [0.5, 0.6) is 0 Å². The van der Waals surface area contributed by atoms with Crippen molar-refractivity contribution in [2.75, 3.05) is 11.9 Å². The van der Waals surface area contributed by atoms with Gasteiger partial charge in [-0.3, -0.25) is 0 Å². The van der Waals surface area contributed by atoms with E-state index in [1.54, 1.807) is 0 Å². The van der Waals surface area contributed by atoms with Gasteiger partial charge in [-0.25, -0.2) is 9.78 Å². The molecule has 0 fully saturated rings. The van der Waals surface area contributed by atoms with Gasteiger partial charge in [0.1, 0.15) is 0 Å². The van der Waals surface area contributed by atoms with E-state index in [0.29, 0.717) is 12.1 Å². The van der Waals surface area contributed by atoms with Crippen LogP contribution in [0.2, 0.25) is 5.15 Å². The molecule has 5 nitrogen and oxygen atoms in total. The van der Waals surface area contributed by atoms with Crippen LogP contribution in [-0.2, 0) is 0 Å². The molecule has 0 saturated carbocycles. The van der Waals surface area contributed by atoms with E-state index >= 15 is 0 Å². The zero-order valence-electron chi connectivity index (χ0n) is 11.7. The Kier molecular flexibility index (Phi) is 5.14. The molecule has 0 aliphatic rings. The van der Waals surface area contributed by atoms with E-state index in [9.17, 15) is 4.79 Å². The van der Waals surface area contributed by atoms with Gasteiger partial charge in [0.05, 0.1) is 5.69 Å². The van der Waals surface area contributed by atoms with Crippen LogP contribution in [0.4, 0.5) is 10.5 Å². The summed E-state index contributed by atoms with van der Waals surface area (Å²) in [6, 6.07) is 1.48. The van der Waals surface area contributed by atoms with E-state index < -0.39 is 5.54 Å². The average Bonchev–Trinajstić information content (AvgIpc) is 2.22. The molecule has 1 aromatic rings. The highest BCUT2D eigenvalue weighted by Gasteiger charge is 2.20. The molecule has 6 heteroatoms. The van der Waals surface area contributed by atoms with E-state index in [1.807, 2.05) is 33.8 Å². The molecule has 3 N–H and O–H groups in total. The number of amides is 2. The Morgan fingerprint density at radius 2 is 2.11 bits per heavy atom. The largest absolute Gasteiger partial charge is 0.396 e. The van der Waals surface area contributed by atoms with Gasteiger partial charge in [0, 0.05) is 17.8 Å². The molecular weight excluding hydrogens is 266 g/mol. The molecule has 0 atom stereocenters. The molecule has 1 aromatic heterocycles. The third-order valence-electron chi connectivity index (χ3n) is 2.73. The predicted octanol–water partition coefficient (Wildman–Crippen LogP) is 2.63. The lowest BCUT2D eigenvalue weighted by molar-refractivity contribution is 0.218. The fourth-order valence-electron chi connectivity index (χ4n) is 1.74. The van der Waals surface area contributed by atoms with Crippen LogP contribution < -0.4 is 10.6 Å². The summed E-state index contributed by atoms with van der Waals surface area (Å²) in [6.07, 6.45) is 0.472. The van der Waals surface area contributed by atoms with Crippen molar-refractivity contribution in [3.8, 4) is 0 Å². The zero-order chi connectivity index (χ0) is 14.6. The summed E-state index contributed by atoms with van der Waals surface area (Å²) >= 11 is 6.02. The van der Waals surface area contributed by atoms with Gasteiger partial charge in [-0.05, 0) is 45.7 Å². The maximum atomic E-state index is 11.9. The lowest BCUT2D eigenvalue weighted by atomic mass is 10.0. The van der Waals surface area contributed by atoms with Crippen molar-refractivity contribution in [1.82, 2.24) is 10.3 Å². The quantitative estimate of drug-likeness (QED) is 0.745. The number of carbonyl (C=O) groups is 1. The number of aliphatic hydroxyl groups is 1. The van der Waals surface area contributed by atoms with Crippen molar-refractivity contribution in [1.29, 1.82) is 0 Å². The minimum absolute atomic E-state index is 0.0130. The lowest BCUT2D eigenvalue weighted by Gasteiger charge is -2.25. The normalized spacial score (nSPS) is 11.3. The number of halogens is 1. The first-order valence-electron chi connectivity index (χ1n) is 6.09. The molecule has 0 aromatic carbocycles. The number of nitrogens with one attached hydrogen (secondary N) is 2. The Bertz CT molecular complexity index is 452. The molecule has 0 aliphatic carbocycles. The third kappa shape index (κ3) is 4.69.